The Hall–Kier alpha value is -0.0700. The molecule has 0 aromatic rings. The molecule has 0 radical (unpaired) electrons. The second kappa shape index (κ2) is 16.0. The molecule has 2 spiro atoms. The van der Waals surface area contributed by atoms with Gasteiger partial charge in [0.15, 0.2) is 0 Å². The zero-order chi connectivity index (χ0) is 24.8. The molecule has 3 saturated carbocycles. The molecule has 1 heteroatoms. The highest BCUT2D eigenvalue weighted by Gasteiger charge is 2.64. The normalized spacial score (nSPS) is 32.8. The molecule has 0 heterocycles. The molecular weight excluding hydrogens is 427 g/mol. The molecule has 0 aromatic carbocycles. The van der Waals surface area contributed by atoms with Crippen molar-refractivity contribution in [3.05, 3.63) is 0 Å². The molecule has 3 fully saturated rings. The molecule has 0 saturated heterocycles. The van der Waals surface area contributed by atoms with E-state index in [1.807, 2.05) is 0 Å². The van der Waals surface area contributed by atoms with Gasteiger partial charge in [0, 0.05) is 10.8 Å². The molecule has 0 N–H and O–H groups in total. The predicted octanol–water partition coefficient (Wildman–Crippen LogP) is 12.1. The molecule has 0 aromatic heterocycles. The van der Waals surface area contributed by atoms with Gasteiger partial charge in [0.1, 0.15) is 6.17 Å². The van der Waals surface area contributed by atoms with Gasteiger partial charge >= 0.3 is 0 Å². The lowest BCUT2D eigenvalue weighted by Gasteiger charge is -2.63. The Balaban J connectivity index is 1.21. The molecule has 3 aliphatic rings. The molecule has 206 valence electrons. The minimum absolute atomic E-state index is 0.111. The number of rotatable bonds is 18. The van der Waals surface area contributed by atoms with E-state index in [1.165, 1.54) is 173 Å². The minimum Gasteiger partial charge on any atom is -0.246 e. The molecule has 0 aliphatic heterocycles. The van der Waals surface area contributed by atoms with E-state index in [0.717, 1.165) is 11.8 Å². The SMILES string of the molecule is CCCCCCCCCCC1CCC2(CC1)CC1(CCC(CCCCCCCCCC)CC1)C2F. The van der Waals surface area contributed by atoms with Crippen LogP contribution in [-0.4, -0.2) is 6.17 Å². The lowest BCUT2D eigenvalue weighted by Crippen LogP contribution is -2.60. The largest absolute Gasteiger partial charge is 0.246 e. The van der Waals surface area contributed by atoms with Crippen LogP contribution in [0.4, 0.5) is 4.39 Å². The summed E-state index contributed by atoms with van der Waals surface area (Å²) < 4.78 is 15.8. The summed E-state index contributed by atoms with van der Waals surface area (Å²) in [6.45, 7) is 4.60. The summed E-state index contributed by atoms with van der Waals surface area (Å²) in [6, 6.07) is 0. The lowest BCUT2D eigenvalue weighted by molar-refractivity contribution is -0.184. The zero-order valence-corrected chi connectivity index (χ0v) is 24.2. The molecule has 0 amide bonds. The molecule has 0 nitrogen and oxygen atoms in total. The van der Waals surface area contributed by atoms with Crippen LogP contribution in [0.25, 0.3) is 0 Å². The van der Waals surface area contributed by atoms with Crippen LogP contribution in [0.1, 0.15) is 187 Å². The number of alkyl halides is 1. The average molecular weight is 491 g/mol. The number of halogens is 1. The van der Waals surface area contributed by atoms with Gasteiger partial charge in [-0.1, -0.05) is 129 Å². The highest BCUT2D eigenvalue weighted by Crippen LogP contribution is 2.68. The molecule has 35 heavy (non-hydrogen) atoms. The van der Waals surface area contributed by atoms with Crippen molar-refractivity contribution in [3.63, 3.8) is 0 Å². The third kappa shape index (κ3) is 9.02. The summed E-state index contributed by atoms with van der Waals surface area (Å²) in [4.78, 5) is 0. The Morgan fingerprint density at radius 1 is 0.486 bits per heavy atom. The highest BCUT2D eigenvalue weighted by molar-refractivity contribution is 5.13. The fourth-order valence-corrected chi connectivity index (χ4v) is 8.48. The maximum Gasteiger partial charge on any atom is 0.111 e. The third-order valence-electron chi connectivity index (χ3n) is 10.9. The number of hydrogen-bond donors (Lipinski definition) is 0. The maximum absolute atomic E-state index is 15.8. The van der Waals surface area contributed by atoms with E-state index in [9.17, 15) is 0 Å². The standard InChI is InChI=1S/C34H63F/c1-3-5-7-9-11-13-15-17-19-30-21-25-33(26-22-30)29-34(32(33)35)27-23-31(24-28-34)20-18-16-14-12-10-8-6-4-2/h30-32H,3-29H2,1-2H3. The minimum atomic E-state index is -0.469. The topological polar surface area (TPSA) is 0 Å². The smallest absolute Gasteiger partial charge is 0.111 e. The summed E-state index contributed by atoms with van der Waals surface area (Å²) in [5.74, 6) is 1.82. The van der Waals surface area contributed by atoms with Crippen LogP contribution in [0.15, 0.2) is 0 Å². The Kier molecular flexibility index (Phi) is 13.5. The Bertz CT molecular complexity index is 477. The van der Waals surface area contributed by atoms with E-state index in [0.29, 0.717) is 0 Å². The van der Waals surface area contributed by atoms with Gasteiger partial charge in [-0.2, -0.15) is 0 Å². The van der Waals surface area contributed by atoms with E-state index in [4.69, 9.17) is 0 Å². The van der Waals surface area contributed by atoms with Gasteiger partial charge in [0.05, 0.1) is 0 Å². The fourth-order valence-electron chi connectivity index (χ4n) is 8.48. The first-order chi connectivity index (χ1) is 17.1. The van der Waals surface area contributed by atoms with E-state index in [2.05, 4.69) is 13.8 Å². The van der Waals surface area contributed by atoms with Crippen molar-refractivity contribution in [2.24, 2.45) is 22.7 Å². The first-order valence-corrected chi connectivity index (χ1v) is 16.8. The van der Waals surface area contributed by atoms with Crippen LogP contribution < -0.4 is 0 Å². The average Bonchev–Trinajstić information content (AvgIpc) is 2.89. The monoisotopic (exact) mass is 490 g/mol. The van der Waals surface area contributed by atoms with Crippen molar-refractivity contribution in [2.75, 3.05) is 0 Å². The molecule has 0 bridgehead atoms. The van der Waals surface area contributed by atoms with E-state index in [-0.39, 0.29) is 10.8 Å². The third-order valence-corrected chi connectivity index (χ3v) is 10.9. The number of unbranched alkanes of at least 4 members (excludes halogenated alkanes) is 14. The van der Waals surface area contributed by atoms with Gasteiger partial charge in [-0.3, -0.25) is 0 Å². The van der Waals surface area contributed by atoms with Crippen molar-refractivity contribution in [3.8, 4) is 0 Å². The van der Waals surface area contributed by atoms with Crippen molar-refractivity contribution in [2.45, 2.75) is 193 Å². The van der Waals surface area contributed by atoms with Crippen LogP contribution in [-0.2, 0) is 0 Å². The van der Waals surface area contributed by atoms with Crippen LogP contribution in [0.3, 0.4) is 0 Å². The zero-order valence-electron chi connectivity index (χ0n) is 24.2. The molecule has 0 unspecified atom stereocenters. The predicted molar refractivity (Wildman–Crippen MR) is 153 cm³/mol. The first-order valence-electron chi connectivity index (χ1n) is 16.8. The van der Waals surface area contributed by atoms with Gasteiger partial charge in [0.25, 0.3) is 0 Å². The highest BCUT2D eigenvalue weighted by atomic mass is 19.1. The first kappa shape index (κ1) is 29.5. The van der Waals surface area contributed by atoms with Gasteiger partial charge < -0.3 is 0 Å². The van der Waals surface area contributed by atoms with Gasteiger partial charge in [-0.25, -0.2) is 4.39 Å². The molecular formula is C34H63F. The van der Waals surface area contributed by atoms with E-state index < -0.39 is 6.17 Å². The van der Waals surface area contributed by atoms with Gasteiger partial charge in [0.2, 0.25) is 0 Å². The lowest BCUT2D eigenvalue weighted by atomic mass is 9.42. The summed E-state index contributed by atoms with van der Waals surface area (Å²) in [7, 11) is 0. The second-order valence-electron chi connectivity index (χ2n) is 13.7. The molecule has 3 aliphatic carbocycles. The van der Waals surface area contributed by atoms with E-state index >= 15 is 4.39 Å². The summed E-state index contributed by atoms with van der Waals surface area (Å²) in [5.41, 5.74) is 0.223. The Morgan fingerprint density at radius 3 is 1.11 bits per heavy atom. The number of hydrogen-bond acceptors (Lipinski definition) is 0. The fraction of sp³-hybridized carbons (Fsp3) is 1.00. The molecule has 3 rings (SSSR count). The maximum atomic E-state index is 15.8. The summed E-state index contributed by atoms with van der Waals surface area (Å²) >= 11 is 0. The molecule has 0 atom stereocenters. The van der Waals surface area contributed by atoms with Crippen molar-refractivity contribution >= 4 is 0 Å². The van der Waals surface area contributed by atoms with E-state index in [1.54, 1.807) is 0 Å². The van der Waals surface area contributed by atoms with Crippen LogP contribution >= 0.6 is 0 Å². The van der Waals surface area contributed by atoms with Crippen LogP contribution in [0.2, 0.25) is 0 Å². The quantitative estimate of drug-likeness (QED) is 0.168. The Morgan fingerprint density at radius 2 is 0.800 bits per heavy atom. The van der Waals surface area contributed by atoms with Gasteiger partial charge in [-0.05, 0) is 69.6 Å². The Labute approximate surface area is 220 Å². The van der Waals surface area contributed by atoms with Crippen molar-refractivity contribution in [1.82, 2.24) is 0 Å². The van der Waals surface area contributed by atoms with Crippen molar-refractivity contribution in [1.29, 1.82) is 0 Å². The van der Waals surface area contributed by atoms with Gasteiger partial charge in [-0.15, -0.1) is 0 Å². The van der Waals surface area contributed by atoms with Crippen LogP contribution in [0.5, 0.6) is 0 Å². The summed E-state index contributed by atoms with van der Waals surface area (Å²) in [5, 5.41) is 0. The van der Waals surface area contributed by atoms with Crippen molar-refractivity contribution < 1.29 is 4.39 Å². The summed E-state index contributed by atoms with van der Waals surface area (Å²) in [6.07, 6.45) is 36.5. The van der Waals surface area contributed by atoms with Crippen LogP contribution in [0, 0.1) is 22.7 Å². The second-order valence-corrected chi connectivity index (χ2v) is 13.7.